The molecule has 2 atom stereocenters. The molecule has 1 rings (SSSR count). The molecule has 4 nitrogen and oxygen atoms in total. The van der Waals surface area contributed by atoms with Gasteiger partial charge >= 0.3 is 0 Å². The monoisotopic (exact) mass is 228 g/mol. The van der Waals surface area contributed by atoms with Crippen molar-refractivity contribution in [3.63, 3.8) is 0 Å². The van der Waals surface area contributed by atoms with Crippen LogP contribution in [0.15, 0.2) is 0 Å². The van der Waals surface area contributed by atoms with E-state index in [2.05, 4.69) is 19.2 Å². The van der Waals surface area contributed by atoms with Crippen LogP contribution in [-0.2, 0) is 9.53 Å². The number of primary amides is 1. The molecule has 1 aliphatic rings. The summed E-state index contributed by atoms with van der Waals surface area (Å²) in [6, 6.07) is 0. The van der Waals surface area contributed by atoms with Gasteiger partial charge in [-0.05, 0) is 32.2 Å². The van der Waals surface area contributed by atoms with Crippen molar-refractivity contribution in [2.75, 3.05) is 13.2 Å². The lowest BCUT2D eigenvalue weighted by Crippen LogP contribution is -2.54. The molecule has 94 valence electrons. The van der Waals surface area contributed by atoms with Gasteiger partial charge in [-0.3, -0.25) is 4.79 Å². The molecule has 0 radical (unpaired) electrons. The molecule has 1 aliphatic heterocycles. The van der Waals surface area contributed by atoms with Gasteiger partial charge in [0.2, 0.25) is 5.91 Å². The van der Waals surface area contributed by atoms with Gasteiger partial charge in [-0.2, -0.15) is 0 Å². The Morgan fingerprint density at radius 3 is 2.88 bits per heavy atom. The normalized spacial score (nSPS) is 30.2. The van der Waals surface area contributed by atoms with Crippen LogP contribution in [-0.4, -0.2) is 30.7 Å². The molecule has 4 heteroatoms. The first-order valence-corrected chi connectivity index (χ1v) is 6.27. The summed E-state index contributed by atoms with van der Waals surface area (Å²) in [6.45, 7) is 5.90. The van der Waals surface area contributed by atoms with Gasteiger partial charge in [-0.25, -0.2) is 0 Å². The Hall–Kier alpha value is -0.610. The summed E-state index contributed by atoms with van der Waals surface area (Å²) in [5.41, 5.74) is 5.22. The van der Waals surface area contributed by atoms with Gasteiger partial charge in [-0.1, -0.05) is 13.8 Å². The predicted octanol–water partition coefficient (Wildman–Crippen LogP) is 1.19. The summed E-state index contributed by atoms with van der Waals surface area (Å²) in [7, 11) is 0. The SMILES string of the molecule is CCCNC1(CC(N)=O)CCOC(CC)C1. The second-order valence-corrected chi connectivity index (χ2v) is 4.71. The lowest BCUT2D eigenvalue weighted by molar-refractivity contribution is -0.121. The van der Waals surface area contributed by atoms with E-state index in [1.165, 1.54) is 0 Å². The number of ether oxygens (including phenoxy) is 1. The Morgan fingerprint density at radius 1 is 1.56 bits per heavy atom. The minimum Gasteiger partial charge on any atom is -0.378 e. The highest BCUT2D eigenvalue weighted by Gasteiger charge is 2.37. The Balaban J connectivity index is 2.64. The van der Waals surface area contributed by atoms with Crippen LogP contribution in [0.1, 0.15) is 46.0 Å². The third-order valence-electron chi connectivity index (χ3n) is 3.27. The van der Waals surface area contributed by atoms with Crippen molar-refractivity contribution in [2.24, 2.45) is 5.73 Å². The lowest BCUT2D eigenvalue weighted by Gasteiger charge is -2.41. The Labute approximate surface area is 97.9 Å². The molecular weight excluding hydrogens is 204 g/mol. The van der Waals surface area contributed by atoms with Gasteiger partial charge in [0.05, 0.1) is 6.10 Å². The smallest absolute Gasteiger partial charge is 0.219 e. The van der Waals surface area contributed by atoms with Crippen LogP contribution in [0.2, 0.25) is 0 Å². The minimum atomic E-state index is -0.222. The predicted molar refractivity (Wildman–Crippen MR) is 64.1 cm³/mol. The first-order valence-electron chi connectivity index (χ1n) is 6.27. The molecule has 0 aromatic rings. The number of amides is 1. The number of nitrogens with two attached hydrogens (primary N) is 1. The molecule has 0 aromatic carbocycles. The highest BCUT2D eigenvalue weighted by atomic mass is 16.5. The van der Waals surface area contributed by atoms with Crippen LogP contribution in [0, 0.1) is 0 Å². The van der Waals surface area contributed by atoms with Gasteiger partial charge in [0.15, 0.2) is 0 Å². The third kappa shape index (κ3) is 3.76. The van der Waals surface area contributed by atoms with Crippen molar-refractivity contribution >= 4 is 5.91 Å². The van der Waals surface area contributed by atoms with Gasteiger partial charge < -0.3 is 15.8 Å². The first-order chi connectivity index (χ1) is 7.62. The summed E-state index contributed by atoms with van der Waals surface area (Å²) < 4.78 is 5.65. The van der Waals surface area contributed by atoms with E-state index in [4.69, 9.17) is 10.5 Å². The largest absolute Gasteiger partial charge is 0.378 e. The van der Waals surface area contributed by atoms with E-state index >= 15 is 0 Å². The van der Waals surface area contributed by atoms with Crippen LogP contribution < -0.4 is 11.1 Å². The van der Waals surface area contributed by atoms with Crippen LogP contribution >= 0.6 is 0 Å². The summed E-state index contributed by atoms with van der Waals surface area (Å²) in [5.74, 6) is -0.222. The van der Waals surface area contributed by atoms with Crippen LogP contribution in [0.3, 0.4) is 0 Å². The Bertz CT molecular complexity index is 233. The topological polar surface area (TPSA) is 64.3 Å². The summed E-state index contributed by atoms with van der Waals surface area (Å²) in [4.78, 5) is 11.2. The van der Waals surface area contributed by atoms with Crippen LogP contribution in [0.25, 0.3) is 0 Å². The van der Waals surface area contributed by atoms with Crippen molar-refractivity contribution in [3.8, 4) is 0 Å². The molecule has 1 amide bonds. The maximum atomic E-state index is 11.2. The molecule has 0 saturated carbocycles. The van der Waals surface area contributed by atoms with Crippen molar-refractivity contribution in [3.05, 3.63) is 0 Å². The summed E-state index contributed by atoms with van der Waals surface area (Å²) >= 11 is 0. The Morgan fingerprint density at radius 2 is 2.31 bits per heavy atom. The number of hydrogen-bond donors (Lipinski definition) is 2. The average molecular weight is 228 g/mol. The summed E-state index contributed by atoms with van der Waals surface area (Å²) in [6.07, 6.45) is 4.52. The molecule has 1 saturated heterocycles. The van der Waals surface area contributed by atoms with Gasteiger partial charge in [-0.15, -0.1) is 0 Å². The van der Waals surface area contributed by atoms with Crippen LogP contribution in [0.5, 0.6) is 0 Å². The van der Waals surface area contributed by atoms with E-state index in [9.17, 15) is 4.79 Å². The van der Waals surface area contributed by atoms with E-state index in [0.29, 0.717) is 6.42 Å². The molecule has 1 heterocycles. The van der Waals surface area contributed by atoms with Crippen molar-refractivity contribution < 1.29 is 9.53 Å². The fourth-order valence-corrected chi connectivity index (χ4v) is 2.39. The molecule has 1 fully saturated rings. The fraction of sp³-hybridized carbons (Fsp3) is 0.917. The molecule has 0 bridgehead atoms. The minimum absolute atomic E-state index is 0.124. The molecule has 2 unspecified atom stereocenters. The molecule has 16 heavy (non-hydrogen) atoms. The maximum Gasteiger partial charge on any atom is 0.219 e. The molecular formula is C12H24N2O2. The number of rotatable bonds is 6. The van der Waals surface area contributed by atoms with Gasteiger partial charge in [0, 0.05) is 18.6 Å². The molecule has 0 aromatic heterocycles. The second-order valence-electron chi connectivity index (χ2n) is 4.71. The van der Waals surface area contributed by atoms with E-state index in [0.717, 1.165) is 38.8 Å². The third-order valence-corrected chi connectivity index (χ3v) is 3.27. The zero-order valence-electron chi connectivity index (χ0n) is 10.4. The van der Waals surface area contributed by atoms with E-state index in [1.54, 1.807) is 0 Å². The number of carbonyl (C=O) groups excluding carboxylic acids is 1. The second kappa shape index (κ2) is 6.21. The zero-order valence-corrected chi connectivity index (χ0v) is 10.4. The van der Waals surface area contributed by atoms with Gasteiger partial charge in [0.1, 0.15) is 0 Å². The van der Waals surface area contributed by atoms with E-state index in [-0.39, 0.29) is 17.6 Å². The lowest BCUT2D eigenvalue weighted by atomic mass is 9.82. The van der Waals surface area contributed by atoms with Crippen molar-refractivity contribution in [1.82, 2.24) is 5.32 Å². The average Bonchev–Trinajstić information content (AvgIpc) is 2.26. The number of nitrogens with one attached hydrogen (secondary N) is 1. The standard InChI is InChI=1S/C12H24N2O2/c1-3-6-14-12(9-11(13)15)5-7-16-10(4-2)8-12/h10,14H,3-9H2,1-2H3,(H2,13,15). The molecule has 3 N–H and O–H groups in total. The summed E-state index contributed by atoms with van der Waals surface area (Å²) in [5, 5.41) is 3.50. The first kappa shape index (κ1) is 13.5. The molecule has 0 aliphatic carbocycles. The van der Waals surface area contributed by atoms with E-state index in [1.807, 2.05) is 0 Å². The Kier molecular flexibility index (Phi) is 5.22. The van der Waals surface area contributed by atoms with Crippen LogP contribution in [0.4, 0.5) is 0 Å². The van der Waals surface area contributed by atoms with Crippen molar-refractivity contribution in [2.45, 2.75) is 57.6 Å². The van der Waals surface area contributed by atoms with Crippen molar-refractivity contribution in [1.29, 1.82) is 0 Å². The highest BCUT2D eigenvalue weighted by molar-refractivity contribution is 5.75. The van der Waals surface area contributed by atoms with E-state index < -0.39 is 0 Å². The fourth-order valence-electron chi connectivity index (χ4n) is 2.39. The zero-order chi connectivity index (χ0) is 12.0. The maximum absolute atomic E-state index is 11.2. The highest BCUT2D eigenvalue weighted by Crippen LogP contribution is 2.29. The number of hydrogen-bond acceptors (Lipinski definition) is 3. The number of carbonyl (C=O) groups is 1. The van der Waals surface area contributed by atoms with Gasteiger partial charge in [0.25, 0.3) is 0 Å². The quantitative estimate of drug-likeness (QED) is 0.717. The molecule has 0 spiro atoms.